The van der Waals surface area contributed by atoms with Gasteiger partial charge in [0.2, 0.25) is 0 Å². The van der Waals surface area contributed by atoms with Crippen LogP contribution in [0, 0.1) is 5.92 Å². The third-order valence-corrected chi connectivity index (χ3v) is 5.63. The zero-order valence-corrected chi connectivity index (χ0v) is 13.0. The fraction of sp³-hybridized carbons (Fsp3) is 0.909. The Hall–Kier alpha value is -0.310. The van der Waals surface area contributed by atoms with E-state index in [-0.39, 0.29) is 12.6 Å². The summed E-state index contributed by atoms with van der Waals surface area (Å²) >= 11 is 1.59. The summed E-state index contributed by atoms with van der Waals surface area (Å²) in [6.07, 6.45) is 3.79. The van der Waals surface area contributed by atoms with E-state index < -0.39 is 22.1 Å². The van der Waals surface area contributed by atoms with Crippen LogP contribution in [0.2, 0.25) is 0 Å². The monoisotopic (exact) mass is 310 g/mol. The van der Waals surface area contributed by atoms with Crippen molar-refractivity contribution in [1.29, 1.82) is 0 Å². The van der Waals surface area contributed by atoms with Gasteiger partial charge in [-0.3, -0.25) is 4.79 Å². The number of nitrogens with one attached hydrogen (secondary N) is 1. The van der Waals surface area contributed by atoms with Crippen LogP contribution in [-0.2, 0) is 15.0 Å². The van der Waals surface area contributed by atoms with E-state index in [1.165, 1.54) is 4.31 Å². The molecule has 112 valence electrons. The van der Waals surface area contributed by atoms with E-state index >= 15 is 0 Å². The van der Waals surface area contributed by atoms with Crippen LogP contribution in [0.4, 0.5) is 0 Å². The molecular weight excluding hydrogens is 288 g/mol. The van der Waals surface area contributed by atoms with Crippen molar-refractivity contribution >= 4 is 27.9 Å². The van der Waals surface area contributed by atoms with Gasteiger partial charge >= 0.3 is 5.97 Å². The summed E-state index contributed by atoms with van der Waals surface area (Å²) in [4.78, 5) is 11.0. The topological polar surface area (TPSA) is 86.7 Å². The number of carbonyl (C=O) groups is 1. The molecule has 6 nitrogen and oxygen atoms in total. The Morgan fingerprint density at radius 2 is 2.26 bits per heavy atom. The van der Waals surface area contributed by atoms with E-state index in [9.17, 15) is 13.2 Å². The van der Waals surface area contributed by atoms with Crippen LogP contribution in [0.15, 0.2) is 0 Å². The second-order valence-electron chi connectivity index (χ2n) is 4.72. The summed E-state index contributed by atoms with van der Waals surface area (Å²) in [7, 11) is -3.58. The molecule has 8 heteroatoms. The summed E-state index contributed by atoms with van der Waals surface area (Å²) in [6.45, 7) is 2.40. The molecule has 1 rings (SSSR count). The molecule has 1 saturated heterocycles. The molecular formula is C11H22N2O4S2. The first-order chi connectivity index (χ1) is 8.90. The molecule has 1 aliphatic rings. The van der Waals surface area contributed by atoms with Crippen molar-refractivity contribution in [3.05, 3.63) is 0 Å². The first-order valence-electron chi connectivity index (χ1n) is 6.39. The van der Waals surface area contributed by atoms with Crippen molar-refractivity contribution in [2.24, 2.45) is 5.92 Å². The summed E-state index contributed by atoms with van der Waals surface area (Å²) in [6, 6.07) is -0.106. The van der Waals surface area contributed by atoms with Crippen LogP contribution < -0.4 is 4.72 Å². The summed E-state index contributed by atoms with van der Waals surface area (Å²) < 4.78 is 28.3. The maximum absolute atomic E-state index is 12.2. The van der Waals surface area contributed by atoms with Gasteiger partial charge in [0, 0.05) is 24.9 Å². The largest absolute Gasteiger partial charge is 0.481 e. The number of hydrogen-bond donors (Lipinski definition) is 2. The van der Waals surface area contributed by atoms with Crippen molar-refractivity contribution in [3.8, 4) is 0 Å². The van der Waals surface area contributed by atoms with Gasteiger partial charge in [-0.05, 0) is 25.5 Å². The van der Waals surface area contributed by atoms with Gasteiger partial charge in [0.05, 0.1) is 5.92 Å². The lowest BCUT2D eigenvalue weighted by Gasteiger charge is -2.31. The van der Waals surface area contributed by atoms with Gasteiger partial charge < -0.3 is 5.11 Å². The van der Waals surface area contributed by atoms with Crippen molar-refractivity contribution in [2.75, 3.05) is 25.1 Å². The van der Waals surface area contributed by atoms with Crippen LogP contribution in [0.5, 0.6) is 0 Å². The van der Waals surface area contributed by atoms with Crippen molar-refractivity contribution < 1.29 is 18.3 Å². The molecule has 0 bridgehead atoms. The maximum Gasteiger partial charge on any atom is 0.307 e. The number of aliphatic carboxylic acids is 1. The lowest BCUT2D eigenvalue weighted by molar-refractivity contribution is -0.142. The molecule has 1 fully saturated rings. The Bertz CT molecular complexity index is 399. The SMILES string of the molecule is CCC(CSC)NS(=O)(=O)N1CCCC(C(=O)O)C1. The Morgan fingerprint density at radius 1 is 1.58 bits per heavy atom. The molecule has 0 radical (unpaired) electrons. The van der Waals surface area contributed by atoms with E-state index in [1.807, 2.05) is 13.2 Å². The van der Waals surface area contributed by atoms with Crippen molar-refractivity contribution in [3.63, 3.8) is 0 Å². The Morgan fingerprint density at radius 3 is 2.79 bits per heavy atom. The van der Waals surface area contributed by atoms with Gasteiger partial charge in [0.25, 0.3) is 10.2 Å². The highest BCUT2D eigenvalue weighted by molar-refractivity contribution is 7.98. The number of carboxylic acids is 1. The van der Waals surface area contributed by atoms with Crippen LogP contribution in [-0.4, -0.2) is 54.9 Å². The quantitative estimate of drug-likeness (QED) is 0.725. The summed E-state index contributed by atoms with van der Waals surface area (Å²) in [5.74, 6) is -0.798. The number of carboxylic acid groups (broad SMARTS) is 1. The van der Waals surface area contributed by atoms with E-state index in [0.29, 0.717) is 25.1 Å². The highest BCUT2D eigenvalue weighted by Gasteiger charge is 2.33. The van der Waals surface area contributed by atoms with Gasteiger partial charge in [-0.1, -0.05) is 6.92 Å². The number of rotatable bonds is 7. The normalized spacial score (nSPS) is 23.2. The Kier molecular flexibility index (Phi) is 6.58. The second-order valence-corrected chi connectivity index (χ2v) is 7.33. The maximum atomic E-state index is 12.2. The Balaban J connectivity index is 2.68. The first-order valence-corrected chi connectivity index (χ1v) is 9.23. The van der Waals surface area contributed by atoms with Gasteiger partial charge in [-0.25, -0.2) is 0 Å². The highest BCUT2D eigenvalue weighted by atomic mass is 32.2. The predicted octanol–water partition coefficient (Wildman–Crippen LogP) is 0.759. The lowest BCUT2D eigenvalue weighted by atomic mass is 10.0. The minimum Gasteiger partial charge on any atom is -0.481 e. The van der Waals surface area contributed by atoms with E-state index in [1.54, 1.807) is 11.8 Å². The van der Waals surface area contributed by atoms with Gasteiger partial charge in [-0.15, -0.1) is 0 Å². The van der Waals surface area contributed by atoms with E-state index in [4.69, 9.17) is 5.11 Å². The van der Waals surface area contributed by atoms with Gasteiger partial charge in [-0.2, -0.15) is 29.2 Å². The smallest absolute Gasteiger partial charge is 0.307 e. The molecule has 1 heterocycles. The van der Waals surface area contributed by atoms with Crippen molar-refractivity contribution in [2.45, 2.75) is 32.2 Å². The minimum absolute atomic E-state index is 0.0698. The zero-order valence-electron chi connectivity index (χ0n) is 11.3. The lowest BCUT2D eigenvalue weighted by Crippen LogP contribution is -2.50. The number of thioether (sulfide) groups is 1. The molecule has 0 aromatic heterocycles. The Labute approximate surface area is 119 Å². The third kappa shape index (κ3) is 4.94. The summed E-state index contributed by atoms with van der Waals surface area (Å²) in [5.41, 5.74) is 0. The van der Waals surface area contributed by atoms with Gasteiger partial charge in [0.15, 0.2) is 0 Å². The van der Waals surface area contributed by atoms with Crippen LogP contribution in [0.1, 0.15) is 26.2 Å². The van der Waals surface area contributed by atoms with Crippen LogP contribution in [0.25, 0.3) is 0 Å². The van der Waals surface area contributed by atoms with Crippen LogP contribution >= 0.6 is 11.8 Å². The minimum atomic E-state index is -3.58. The fourth-order valence-corrected chi connectivity index (χ4v) is 4.48. The zero-order chi connectivity index (χ0) is 14.5. The third-order valence-electron chi connectivity index (χ3n) is 3.25. The van der Waals surface area contributed by atoms with E-state index in [2.05, 4.69) is 4.72 Å². The molecule has 0 aliphatic carbocycles. The van der Waals surface area contributed by atoms with Crippen LogP contribution in [0.3, 0.4) is 0 Å². The second kappa shape index (κ2) is 7.47. The molecule has 2 atom stereocenters. The molecule has 0 aromatic carbocycles. The molecule has 2 N–H and O–H groups in total. The average molecular weight is 310 g/mol. The molecule has 2 unspecified atom stereocenters. The molecule has 0 spiro atoms. The predicted molar refractivity (Wildman–Crippen MR) is 76.4 cm³/mol. The molecule has 19 heavy (non-hydrogen) atoms. The molecule has 1 aliphatic heterocycles. The fourth-order valence-electron chi connectivity index (χ4n) is 2.08. The molecule has 0 amide bonds. The highest BCUT2D eigenvalue weighted by Crippen LogP contribution is 2.19. The van der Waals surface area contributed by atoms with Gasteiger partial charge in [0.1, 0.15) is 0 Å². The first kappa shape index (κ1) is 16.7. The van der Waals surface area contributed by atoms with Crippen molar-refractivity contribution in [1.82, 2.24) is 9.03 Å². The average Bonchev–Trinajstić information content (AvgIpc) is 2.38. The molecule has 0 aromatic rings. The molecule has 0 saturated carbocycles. The number of hydrogen-bond acceptors (Lipinski definition) is 4. The number of nitrogens with zero attached hydrogens (tertiary/aromatic N) is 1. The van der Waals surface area contributed by atoms with E-state index in [0.717, 1.165) is 6.42 Å². The standard InChI is InChI=1S/C11H22N2O4S2/c1-3-10(8-18-2)12-19(16,17)13-6-4-5-9(7-13)11(14)15/h9-10,12H,3-8H2,1-2H3,(H,14,15). The number of piperidine rings is 1. The summed E-state index contributed by atoms with van der Waals surface area (Å²) in [5, 5.41) is 8.99.